The molecule has 27 heavy (non-hydrogen) atoms. The summed E-state index contributed by atoms with van der Waals surface area (Å²) in [6, 6.07) is 0. The second-order valence-electron chi connectivity index (χ2n) is 7.82. The van der Waals surface area contributed by atoms with Crippen LogP contribution in [0.5, 0.6) is 0 Å². The normalized spacial score (nSPS) is 25.4. The number of carbonyl (C=O) groups is 2. The molecule has 1 aliphatic carbocycles. The first-order valence-corrected chi connectivity index (χ1v) is 10.1. The maximum Gasteiger partial charge on any atom is 0.305 e. The van der Waals surface area contributed by atoms with Crippen molar-refractivity contribution in [3.05, 3.63) is 24.3 Å². The predicted octanol–water partition coefficient (Wildman–Crippen LogP) is 3.73. The zero-order valence-corrected chi connectivity index (χ0v) is 17.0. The average molecular weight is 381 g/mol. The molecule has 2 N–H and O–H groups in total. The number of aliphatic hydroxyl groups excluding tert-OH is 1. The Balaban J connectivity index is 2.49. The molecule has 4 atom stereocenters. The van der Waals surface area contributed by atoms with E-state index < -0.39 is 11.7 Å². The molecule has 0 saturated heterocycles. The van der Waals surface area contributed by atoms with Gasteiger partial charge in [0.15, 0.2) is 0 Å². The lowest BCUT2D eigenvalue weighted by Gasteiger charge is -2.22. The Kier molecular flexibility index (Phi) is 10.6. The number of ether oxygens (including phenoxy) is 1. The van der Waals surface area contributed by atoms with E-state index in [2.05, 4.69) is 11.7 Å². The molecule has 0 bridgehead atoms. The number of rotatable bonds is 12. The van der Waals surface area contributed by atoms with Crippen molar-refractivity contribution >= 4 is 11.8 Å². The van der Waals surface area contributed by atoms with Gasteiger partial charge in [-0.25, -0.2) is 0 Å². The topological polar surface area (TPSA) is 83.8 Å². The van der Waals surface area contributed by atoms with Gasteiger partial charge in [-0.05, 0) is 39.0 Å². The number of hydrogen-bond donors (Lipinski definition) is 2. The lowest BCUT2D eigenvalue weighted by Crippen LogP contribution is -2.23. The van der Waals surface area contributed by atoms with E-state index in [1.165, 1.54) is 7.11 Å². The highest BCUT2D eigenvalue weighted by Gasteiger charge is 2.39. The van der Waals surface area contributed by atoms with Crippen LogP contribution in [0, 0.1) is 11.8 Å². The molecule has 5 nitrogen and oxygen atoms in total. The Labute approximate surface area is 163 Å². The van der Waals surface area contributed by atoms with Crippen LogP contribution in [-0.2, 0) is 14.3 Å². The van der Waals surface area contributed by atoms with Gasteiger partial charge in [-0.1, -0.05) is 44.1 Å². The summed E-state index contributed by atoms with van der Waals surface area (Å²) in [6.45, 7) is 3.93. The van der Waals surface area contributed by atoms with Gasteiger partial charge in [-0.15, -0.1) is 0 Å². The van der Waals surface area contributed by atoms with E-state index in [4.69, 9.17) is 0 Å². The predicted molar refractivity (Wildman–Crippen MR) is 106 cm³/mol. The third-order valence-electron chi connectivity index (χ3n) is 5.27. The summed E-state index contributed by atoms with van der Waals surface area (Å²) < 4.78 is 4.59. The van der Waals surface area contributed by atoms with Crippen LogP contribution in [0.1, 0.15) is 71.6 Å². The molecule has 1 saturated carbocycles. The van der Waals surface area contributed by atoms with Crippen LogP contribution in [0.3, 0.4) is 0 Å². The third-order valence-corrected chi connectivity index (χ3v) is 5.27. The van der Waals surface area contributed by atoms with Gasteiger partial charge in [0.25, 0.3) is 0 Å². The first-order chi connectivity index (χ1) is 12.8. The summed E-state index contributed by atoms with van der Waals surface area (Å²) in [6.07, 6.45) is 13.0. The zero-order chi connectivity index (χ0) is 20.3. The minimum atomic E-state index is -0.738. The number of aliphatic hydroxyl groups is 2. The quantitative estimate of drug-likeness (QED) is 0.398. The second-order valence-corrected chi connectivity index (χ2v) is 7.82. The zero-order valence-electron chi connectivity index (χ0n) is 17.0. The fourth-order valence-corrected chi connectivity index (χ4v) is 3.55. The minimum absolute atomic E-state index is 0.109. The van der Waals surface area contributed by atoms with Crippen LogP contribution in [0.25, 0.3) is 0 Å². The summed E-state index contributed by atoms with van der Waals surface area (Å²) in [5.41, 5.74) is -0.738. The van der Waals surface area contributed by atoms with Crippen LogP contribution < -0.4 is 0 Å². The lowest BCUT2D eigenvalue weighted by atomic mass is 9.88. The highest BCUT2D eigenvalue weighted by atomic mass is 16.5. The standard InChI is InChI=1S/C22H36O5/c1-4-5-14-22(2,26)15-10-12-18-17(19(23)16-20(18)24)11-8-6-7-9-13-21(25)27-3/h6-7,10,12,17-18,20,24,26H,4-5,8-9,11,13-16H2,1-3H3/b7-6+,12-10+/t17-,18-,20-,22?/m1/s1. The van der Waals surface area contributed by atoms with Crippen LogP contribution in [0.15, 0.2) is 24.3 Å². The van der Waals surface area contributed by atoms with E-state index in [0.717, 1.165) is 25.7 Å². The van der Waals surface area contributed by atoms with E-state index in [-0.39, 0.29) is 30.0 Å². The number of ketones is 1. The van der Waals surface area contributed by atoms with Crippen molar-refractivity contribution in [3.8, 4) is 0 Å². The number of allylic oxidation sites excluding steroid dienone is 2. The second kappa shape index (κ2) is 12.1. The molecule has 1 unspecified atom stereocenters. The van der Waals surface area contributed by atoms with E-state index >= 15 is 0 Å². The highest BCUT2D eigenvalue weighted by molar-refractivity contribution is 5.84. The smallest absolute Gasteiger partial charge is 0.305 e. The van der Waals surface area contributed by atoms with Gasteiger partial charge >= 0.3 is 5.97 Å². The van der Waals surface area contributed by atoms with E-state index in [1.807, 2.05) is 31.2 Å². The fourth-order valence-electron chi connectivity index (χ4n) is 3.55. The number of carbonyl (C=O) groups excluding carboxylic acids is 2. The number of Topliss-reactive ketones (excluding diaryl/α,β-unsaturated/α-hetero) is 1. The Morgan fingerprint density at radius 2 is 2.00 bits per heavy atom. The number of unbranched alkanes of at least 4 members (excludes halogenated alkanes) is 1. The summed E-state index contributed by atoms with van der Waals surface area (Å²) in [7, 11) is 1.37. The summed E-state index contributed by atoms with van der Waals surface area (Å²) in [5, 5.41) is 20.6. The van der Waals surface area contributed by atoms with Crippen molar-refractivity contribution in [2.24, 2.45) is 11.8 Å². The molecule has 0 amide bonds. The molecule has 0 heterocycles. The van der Waals surface area contributed by atoms with Crippen molar-refractivity contribution in [2.75, 3.05) is 7.11 Å². The molecule has 5 heteroatoms. The Morgan fingerprint density at radius 3 is 2.67 bits per heavy atom. The summed E-state index contributed by atoms with van der Waals surface area (Å²) >= 11 is 0. The third kappa shape index (κ3) is 8.85. The maximum atomic E-state index is 12.2. The Bertz CT molecular complexity index is 521. The number of esters is 1. The lowest BCUT2D eigenvalue weighted by molar-refractivity contribution is -0.140. The van der Waals surface area contributed by atoms with E-state index in [1.54, 1.807) is 0 Å². The van der Waals surface area contributed by atoms with Crippen LogP contribution in [-0.4, -0.2) is 40.8 Å². The Hall–Kier alpha value is -1.46. The van der Waals surface area contributed by atoms with E-state index in [0.29, 0.717) is 25.7 Å². The molecule has 0 spiro atoms. The molecule has 0 aromatic carbocycles. The summed E-state index contributed by atoms with van der Waals surface area (Å²) in [5.74, 6) is -0.475. The molecule has 0 aliphatic heterocycles. The fraction of sp³-hybridized carbons (Fsp3) is 0.727. The molecule has 0 aromatic heterocycles. The molecular formula is C22H36O5. The molecule has 1 aliphatic rings. The van der Waals surface area contributed by atoms with E-state index in [9.17, 15) is 19.8 Å². The highest BCUT2D eigenvalue weighted by Crippen LogP contribution is 2.34. The monoisotopic (exact) mass is 380 g/mol. The van der Waals surface area contributed by atoms with Crippen LogP contribution >= 0.6 is 0 Å². The molecule has 0 aromatic rings. The van der Waals surface area contributed by atoms with Gasteiger partial charge in [0.05, 0.1) is 18.8 Å². The molecule has 154 valence electrons. The Morgan fingerprint density at radius 1 is 1.30 bits per heavy atom. The van der Waals surface area contributed by atoms with Crippen molar-refractivity contribution in [1.82, 2.24) is 0 Å². The molecule has 1 fully saturated rings. The van der Waals surface area contributed by atoms with Gasteiger partial charge in [0.1, 0.15) is 5.78 Å². The van der Waals surface area contributed by atoms with Gasteiger partial charge < -0.3 is 14.9 Å². The number of methoxy groups -OCH3 is 1. The van der Waals surface area contributed by atoms with Gasteiger partial charge in [0.2, 0.25) is 0 Å². The SMILES string of the molecule is CCCCC(C)(O)C/C=C/[C@H]1[C@H](O)CC(=O)[C@@H]1CC/C=C/CCC(=O)OC. The molecular weight excluding hydrogens is 344 g/mol. The van der Waals surface area contributed by atoms with Crippen molar-refractivity contribution in [3.63, 3.8) is 0 Å². The van der Waals surface area contributed by atoms with Crippen molar-refractivity contribution < 1.29 is 24.5 Å². The summed E-state index contributed by atoms with van der Waals surface area (Å²) in [4.78, 5) is 23.3. The molecule has 1 rings (SSSR count). The van der Waals surface area contributed by atoms with Gasteiger partial charge in [-0.3, -0.25) is 9.59 Å². The number of hydrogen-bond acceptors (Lipinski definition) is 5. The average Bonchev–Trinajstić information content (AvgIpc) is 2.89. The largest absolute Gasteiger partial charge is 0.469 e. The maximum absolute atomic E-state index is 12.2. The van der Waals surface area contributed by atoms with Gasteiger partial charge in [0, 0.05) is 24.7 Å². The van der Waals surface area contributed by atoms with Crippen LogP contribution in [0.2, 0.25) is 0 Å². The van der Waals surface area contributed by atoms with Crippen molar-refractivity contribution in [2.45, 2.75) is 83.3 Å². The van der Waals surface area contributed by atoms with Gasteiger partial charge in [-0.2, -0.15) is 0 Å². The van der Waals surface area contributed by atoms with Crippen molar-refractivity contribution in [1.29, 1.82) is 0 Å². The van der Waals surface area contributed by atoms with Crippen LogP contribution in [0.4, 0.5) is 0 Å². The minimum Gasteiger partial charge on any atom is -0.469 e. The first kappa shape index (κ1) is 23.6. The molecule has 0 radical (unpaired) electrons. The first-order valence-electron chi connectivity index (χ1n) is 10.1.